The molecule has 0 spiro atoms. The van der Waals surface area contributed by atoms with E-state index in [-0.39, 0.29) is 17.9 Å². The van der Waals surface area contributed by atoms with Crippen LogP contribution >= 0.6 is 0 Å². The van der Waals surface area contributed by atoms with Crippen molar-refractivity contribution >= 4 is 23.3 Å². The zero-order chi connectivity index (χ0) is 17.5. The number of rotatable bonds is 6. The van der Waals surface area contributed by atoms with Crippen molar-refractivity contribution in [2.45, 2.75) is 13.3 Å². The van der Waals surface area contributed by atoms with Gasteiger partial charge < -0.3 is 10.1 Å². The fourth-order valence-electron chi connectivity index (χ4n) is 2.02. The van der Waals surface area contributed by atoms with E-state index in [9.17, 15) is 18.8 Å². The first-order chi connectivity index (χ1) is 11.4. The Bertz CT molecular complexity index is 756. The summed E-state index contributed by atoms with van der Waals surface area (Å²) in [5.41, 5.74) is 1.47. The highest BCUT2D eigenvalue weighted by atomic mass is 19.1. The van der Waals surface area contributed by atoms with E-state index in [2.05, 4.69) is 5.32 Å². The number of ketones is 1. The predicted molar refractivity (Wildman–Crippen MR) is 86.1 cm³/mol. The average Bonchev–Trinajstić information content (AvgIpc) is 2.54. The summed E-state index contributed by atoms with van der Waals surface area (Å²) in [7, 11) is 0. The third kappa shape index (κ3) is 5.31. The summed E-state index contributed by atoms with van der Waals surface area (Å²) >= 11 is 0. The Kier molecular flexibility index (Phi) is 5.78. The molecule has 0 bridgehead atoms. The molecule has 1 amide bonds. The molecule has 2 aromatic carbocycles. The van der Waals surface area contributed by atoms with Crippen molar-refractivity contribution in [1.82, 2.24) is 0 Å². The van der Waals surface area contributed by atoms with Crippen LogP contribution in [0.2, 0.25) is 0 Å². The van der Waals surface area contributed by atoms with Crippen LogP contribution in [0.5, 0.6) is 0 Å². The number of nitrogens with one attached hydrogen (secondary N) is 1. The molecule has 0 radical (unpaired) electrons. The van der Waals surface area contributed by atoms with Gasteiger partial charge in [0.05, 0.1) is 6.42 Å². The first kappa shape index (κ1) is 17.3. The highest BCUT2D eigenvalue weighted by molar-refractivity contribution is 5.98. The van der Waals surface area contributed by atoms with Gasteiger partial charge in [0.15, 0.2) is 12.4 Å². The molecule has 2 rings (SSSR count). The normalized spacial score (nSPS) is 10.1. The lowest BCUT2D eigenvalue weighted by molar-refractivity contribution is -0.141. The van der Waals surface area contributed by atoms with Gasteiger partial charge >= 0.3 is 5.97 Å². The summed E-state index contributed by atoms with van der Waals surface area (Å²) < 4.78 is 18.0. The Morgan fingerprint density at radius 1 is 1.08 bits per heavy atom. The fraction of sp³-hybridized carbons (Fsp3) is 0.167. The summed E-state index contributed by atoms with van der Waals surface area (Å²) in [6, 6.07) is 11.9. The molecule has 0 aliphatic carbocycles. The molecule has 0 heterocycles. The van der Waals surface area contributed by atoms with Gasteiger partial charge in [-0.05, 0) is 29.8 Å². The molecule has 2 aromatic rings. The van der Waals surface area contributed by atoms with Gasteiger partial charge in [0.1, 0.15) is 5.82 Å². The molecule has 0 atom stereocenters. The molecule has 6 heteroatoms. The summed E-state index contributed by atoms with van der Waals surface area (Å²) in [6.07, 6.45) is -0.00319. The number of ether oxygens (including phenoxy) is 1. The minimum atomic E-state index is -0.563. The molecule has 24 heavy (non-hydrogen) atoms. The Morgan fingerprint density at radius 2 is 1.79 bits per heavy atom. The fourth-order valence-corrected chi connectivity index (χ4v) is 2.02. The van der Waals surface area contributed by atoms with Crippen LogP contribution in [0, 0.1) is 5.82 Å². The van der Waals surface area contributed by atoms with Crippen LogP contribution in [0.3, 0.4) is 0 Å². The maximum atomic E-state index is 13.0. The van der Waals surface area contributed by atoms with Gasteiger partial charge in [0, 0.05) is 18.2 Å². The standard InChI is InChI=1S/C18H16FNO4/c1-12(21)20-16-7-5-13(6-8-16)9-18(23)24-11-17(22)14-3-2-4-15(19)10-14/h2-8,10H,9,11H2,1H3,(H,20,21). The first-order valence-corrected chi connectivity index (χ1v) is 7.25. The van der Waals surface area contributed by atoms with E-state index in [1.807, 2.05) is 0 Å². The Hall–Kier alpha value is -3.02. The SMILES string of the molecule is CC(=O)Nc1ccc(CC(=O)OCC(=O)c2cccc(F)c2)cc1. The predicted octanol–water partition coefficient (Wildman–Crippen LogP) is 2.75. The topological polar surface area (TPSA) is 72.5 Å². The van der Waals surface area contributed by atoms with Crippen molar-refractivity contribution in [2.24, 2.45) is 0 Å². The van der Waals surface area contributed by atoms with Gasteiger partial charge in [0.2, 0.25) is 5.91 Å². The molecule has 5 nitrogen and oxygen atoms in total. The van der Waals surface area contributed by atoms with Crippen molar-refractivity contribution in [2.75, 3.05) is 11.9 Å². The van der Waals surface area contributed by atoms with Gasteiger partial charge in [-0.15, -0.1) is 0 Å². The van der Waals surface area contributed by atoms with Crippen molar-refractivity contribution in [3.63, 3.8) is 0 Å². The monoisotopic (exact) mass is 329 g/mol. The minimum Gasteiger partial charge on any atom is -0.457 e. The maximum Gasteiger partial charge on any atom is 0.310 e. The van der Waals surface area contributed by atoms with E-state index in [0.717, 1.165) is 6.07 Å². The minimum absolute atomic E-state index is 0.00319. The highest BCUT2D eigenvalue weighted by Gasteiger charge is 2.11. The number of halogens is 1. The average molecular weight is 329 g/mol. The van der Waals surface area contributed by atoms with Crippen LogP contribution in [-0.2, 0) is 20.7 Å². The molecule has 0 aromatic heterocycles. The number of Topliss-reactive ketones (excluding diaryl/α,β-unsaturated/α-hetero) is 1. The van der Waals surface area contributed by atoms with Crippen LogP contribution in [0.15, 0.2) is 48.5 Å². The first-order valence-electron chi connectivity index (χ1n) is 7.25. The Morgan fingerprint density at radius 3 is 2.42 bits per heavy atom. The third-order valence-electron chi connectivity index (χ3n) is 3.13. The second-order valence-corrected chi connectivity index (χ2v) is 5.15. The van der Waals surface area contributed by atoms with Gasteiger partial charge in [-0.1, -0.05) is 24.3 Å². The van der Waals surface area contributed by atoms with Crippen LogP contribution in [0.25, 0.3) is 0 Å². The Balaban J connectivity index is 1.84. The lowest BCUT2D eigenvalue weighted by Crippen LogP contribution is -2.15. The molecular weight excluding hydrogens is 313 g/mol. The molecule has 0 aliphatic heterocycles. The van der Waals surface area contributed by atoms with Crippen molar-refractivity contribution in [3.05, 3.63) is 65.5 Å². The summed E-state index contributed by atoms with van der Waals surface area (Å²) in [6.45, 7) is 0.965. The quantitative estimate of drug-likeness (QED) is 0.653. The molecule has 124 valence electrons. The number of carbonyl (C=O) groups excluding carboxylic acids is 3. The van der Waals surface area contributed by atoms with Gasteiger partial charge in [-0.3, -0.25) is 14.4 Å². The van der Waals surface area contributed by atoms with Gasteiger partial charge in [0.25, 0.3) is 0 Å². The van der Waals surface area contributed by atoms with Crippen molar-refractivity contribution < 1.29 is 23.5 Å². The molecule has 0 saturated carbocycles. The molecule has 0 fully saturated rings. The summed E-state index contributed by atoms with van der Waals surface area (Å²) in [4.78, 5) is 34.5. The molecule has 0 saturated heterocycles. The molecule has 0 unspecified atom stereocenters. The molecule has 1 N–H and O–H groups in total. The van der Waals surface area contributed by atoms with E-state index in [1.54, 1.807) is 24.3 Å². The summed E-state index contributed by atoms with van der Waals surface area (Å²) in [5.74, 6) is -1.74. The molecule has 0 aliphatic rings. The van der Waals surface area contributed by atoms with E-state index in [4.69, 9.17) is 4.74 Å². The number of benzene rings is 2. The number of hydrogen-bond donors (Lipinski definition) is 1. The lowest BCUT2D eigenvalue weighted by Gasteiger charge is -2.06. The third-order valence-corrected chi connectivity index (χ3v) is 3.13. The van der Waals surface area contributed by atoms with Crippen molar-refractivity contribution in [3.8, 4) is 0 Å². The number of hydrogen-bond acceptors (Lipinski definition) is 4. The van der Waals surface area contributed by atoms with E-state index in [1.165, 1.54) is 25.1 Å². The number of anilines is 1. The Labute approximate surface area is 138 Å². The smallest absolute Gasteiger partial charge is 0.310 e. The second kappa shape index (κ2) is 8.01. The highest BCUT2D eigenvalue weighted by Crippen LogP contribution is 2.11. The number of esters is 1. The number of carbonyl (C=O) groups is 3. The lowest BCUT2D eigenvalue weighted by atomic mass is 10.1. The second-order valence-electron chi connectivity index (χ2n) is 5.15. The van der Waals surface area contributed by atoms with E-state index < -0.39 is 24.2 Å². The zero-order valence-corrected chi connectivity index (χ0v) is 13.0. The largest absolute Gasteiger partial charge is 0.457 e. The van der Waals surface area contributed by atoms with Crippen LogP contribution in [0.4, 0.5) is 10.1 Å². The number of amides is 1. The van der Waals surface area contributed by atoms with Crippen molar-refractivity contribution in [1.29, 1.82) is 0 Å². The van der Waals surface area contributed by atoms with Crippen LogP contribution < -0.4 is 5.32 Å². The summed E-state index contributed by atoms with van der Waals surface area (Å²) in [5, 5.41) is 2.62. The van der Waals surface area contributed by atoms with E-state index in [0.29, 0.717) is 11.3 Å². The van der Waals surface area contributed by atoms with Gasteiger partial charge in [-0.2, -0.15) is 0 Å². The van der Waals surface area contributed by atoms with Crippen LogP contribution in [0.1, 0.15) is 22.8 Å². The maximum absolute atomic E-state index is 13.0. The van der Waals surface area contributed by atoms with Gasteiger partial charge in [-0.25, -0.2) is 4.39 Å². The van der Waals surface area contributed by atoms with Crippen LogP contribution in [-0.4, -0.2) is 24.3 Å². The van der Waals surface area contributed by atoms with E-state index >= 15 is 0 Å². The molecular formula is C18H16FNO4. The zero-order valence-electron chi connectivity index (χ0n) is 13.0.